The molecule has 1 fully saturated rings. The van der Waals surface area contributed by atoms with E-state index in [9.17, 15) is 0 Å². The fourth-order valence-corrected chi connectivity index (χ4v) is 4.87. The predicted molar refractivity (Wildman–Crippen MR) is 129 cm³/mol. The average molecular weight is 467 g/mol. The Balaban J connectivity index is 1.57. The highest BCUT2D eigenvalue weighted by molar-refractivity contribution is 9.10. The zero-order valence-electron chi connectivity index (χ0n) is 17.8. The summed E-state index contributed by atoms with van der Waals surface area (Å²) in [5.41, 5.74) is 2.62. The topological polar surface area (TPSA) is 15.7 Å². The molecule has 0 amide bonds. The van der Waals surface area contributed by atoms with Gasteiger partial charge in [-0.25, -0.2) is 0 Å². The van der Waals surface area contributed by atoms with Crippen LogP contribution in [0.25, 0.3) is 10.8 Å². The van der Waals surface area contributed by atoms with Crippen LogP contribution in [0, 0.1) is 0 Å². The molecular formula is C26H31BrN2O. The maximum atomic E-state index is 5.66. The van der Waals surface area contributed by atoms with Crippen molar-refractivity contribution in [2.24, 2.45) is 0 Å². The van der Waals surface area contributed by atoms with Crippen LogP contribution < -0.4 is 4.74 Å². The number of likely N-dealkylation sites (tertiary alicyclic amines) is 1. The van der Waals surface area contributed by atoms with Crippen LogP contribution in [0.1, 0.15) is 30.4 Å². The molecule has 0 aromatic heterocycles. The van der Waals surface area contributed by atoms with E-state index in [1.807, 2.05) is 6.07 Å². The Morgan fingerprint density at radius 3 is 2.50 bits per heavy atom. The molecule has 1 aliphatic heterocycles. The van der Waals surface area contributed by atoms with Gasteiger partial charge in [0.25, 0.3) is 0 Å². The minimum Gasteiger partial charge on any atom is -0.496 e. The van der Waals surface area contributed by atoms with Gasteiger partial charge in [-0.3, -0.25) is 4.90 Å². The summed E-state index contributed by atoms with van der Waals surface area (Å²) in [4.78, 5) is 5.19. The third kappa shape index (κ3) is 5.42. The van der Waals surface area contributed by atoms with Gasteiger partial charge in [-0.1, -0.05) is 64.8 Å². The van der Waals surface area contributed by atoms with Gasteiger partial charge in [0.1, 0.15) is 5.75 Å². The normalized spacial score (nSPS) is 15.0. The van der Waals surface area contributed by atoms with E-state index in [0.29, 0.717) is 0 Å². The van der Waals surface area contributed by atoms with Crippen molar-refractivity contribution < 1.29 is 4.74 Å². The number of rotatable bonds is 8. The van der Waals surface area contributed by atoms with Crippen molar-refractivity contribution in [1.82, 2.24) is 9.80 Å². The SMILES string of the molecule is COc1ccc(Br)cc1CN(CCN1CCCCC1)Cc1cccc2ccccc12. The van der Waals surface area contributed by atoms with Gasteiger partial charge in [0.2, 0.25) is 0 Å². The first-order valence-electron chi connectivity index (χ1n) is 11.0. The van der Waals surface area contributed by atoms with Crippen molar-refractivity contribution in [3.05, 3.63) is 76.3 Å². The van der Waals surface area contributed by atoms with E-state index < -0.39 is 0 Å². The summed E-state index contributed by atoms with van der Waals surface area (Å²) in [6.07, 6.45) is 4.05. The molecule has 0 bridgehead atoms. The Hall–Kier alpha value is -1.88. The number of hydrogen-bond acceptors (Lipinski definition) is 3. The lowest BCUT2D eigenvalue weighted by Crippen LogP contribution is -2.37. The fourth-order valence-electron chi connectivity index (χ4n) is 4.46. The summed E-state index contributed by atoms with van der Waals surface area (Å²) in [6.45, 7) is 6.47. The van der Waals surface area contributed by atoms with E-state index in [2.05, 4.69) is 80.3 Å². The Kier molecular flexibility index (Phi) is 7.42. The molecule has 1 aliphatic rings. The molecule has 3 aromatic carbocycles. The van der Waals surface area contributed by atoms with E-state index in [0.717, 1.165) is 36.4 Å². The van der Waals surface area contributed by atoms with Crippen LogP contribution in [0.4, 0.5) is 0 Å². The third-order valence-corrected chi connectivity index (χ3v) is 6.58. The van der Waals surface area contributed by atoms with Crippen molar-refractivity contribution >= 4 is 26.7 Å². The van der Waals surface area contributed by atoms with E-state index in [1.165, 1.54) is 54.3 Å². The molecule has 0 N–H and O–H groups in total. The lowest BCUT2D eigenvalue weighted by molar-refractivity contribution is 0.172. The molecule has 1 heterocycles. The number of benzene rings is 3. The second kappa shape index (κ2) is 10.4. The van der Waals surface area contributed by atoms with Gasteiger partial charge in [0.05, 0.1) is 7.11 Å². The minimum atomic E-state index is 0.875. The van der Waals surface area contributed by atoms with E-state index in [1.54, 1.807) is 7.11 Å². The average Bonchev–Trinajstić information content (AvgIpc) is 2.78. The highest BCUT2D eigenvalue weighted by Gasteiger charge is 2.16. The molecular weight excluding hydrogens is 436 g/mol. The summed E-state index contributed by atoms with van der Waals surface area (Å²) >= 11 is 3.63. The number of halogens is 1. The van der Waals surface area contributed by atoms with Crippen LogP contribution in [-0.2, 0) is 13.1 Å². The molecule has 4 rings (SSSR count). The molecule has 0 unspecified atom stereocenters. The third-order valence-electron chi connectivity index (χ3n) is 6.09. The van der Waals surface area contributed by atoms with Gasteiger partial charge in [0.15, 0.2) is 0 Å². The quantitative estimate of drug-likeness (QED) is 0.398. The zero-order valence-corrected chi connectivity index (χ0v) is 19.4. The van der Waals surface area contributed by atoms with Crippen molar-refractivity contribution in [3.8, 4) is 5.75 Å². The lowest BCUT2D eigenvalue weighted by atomic mass is 10.0. The Morgan fingerprint density at radius 1 is 0.900 bits per heavy atom. The van der Waals surface area contributed by atoms with Crippen LogP contribution >= 0.6 is 15.9 Å². The van der Waals surface area contributed by atoms with Crippen molar-refractivity contribution in [2.45, 2.75) is 32.4 Å². The number of methoxy groups -OCH3 is 1. The van der Waals surface area contributed by atoms with Crippen LogP contribution in [-0.4, -0.2) is 43.1 Å². The van der Waals surface area contributed by atoms with Crippen LogP contribution in [0.3, 0.4) is 0 Å². The zero-order chi connectivity index (χ0) is 20.8. The second-order valence-corrected chi connectivity index (χ2v) is 9.12. The lowest BCUT2D eigenvalue weighted by Gasteiger charge is -2.30. The maximum absolute atomic E-state index is 5.66. The maximum Gasteiger partial charge on any atom is 0.123 e. The minimum absolute atomic E-state index is 0.875. The van der Waals surface area contributed by atoms with Gasteiger partial charge < -0.3 is 9.64 Å². The smallest absolute Gasteiger partial charge is 0.123 e. The molecule has 0 spiro atoms. The molecule has 3 aromatic rings. The number of fused-ring (bicyclic) bond motifs is 1. The summed E-state index contributed by atoms with van der Waals surface area (Å²) < 4.78 is 6.75. The van der Waals surface area contributed by atoms with E-state index in [-0.39, 0.29) is 0 Å². The summed E-state index contributed by atoms with van der Waals surface area (Å²) in [5, 5.41) is 2.66. The first-order valence-corrected chi connectivity index (χ1v) is 11.8. The van der Waals surface area contributed by atoms with Crippen LogP contribution in [0.15, 0.2) is 65.1 Å². The molecule has 0 aliphatic carbocycles. The first kappa shape index (κ1) is 21.4. The Morgan fingerprint density at radius 2 is 1.67 bits per heavy atom. The molecule has 30 heavy (non-hydrogen) atoms. The van der Waals surface area contributed by atoms with Gasteiger partial charge in [-0.05, 0) is 60.5 Å². The number of hydrogen-bond donors (Lipinski definition) is 0. The summed E-state index contributed by atoms with van der Waals surface area (Å²) in [7, 11) is 1.76. The Bertz CT molecular complexity index is 963. The van der Waals surface area contributed by atoms with Crippen LogP contribution in [0.2, 0.25) is 0 Å². The molecule has 4 heteroatoms. The summed E-state index contributed by atoms with van der Waals surface area (Å²) in [6, 6.07) is 21.7. The van der Waals surface area contributed by atoms with Gasteiger partial charge >= 0.3 is 0 Å². The van der Waals surface area contributed by atoms with Gasteiger partial charge in [0, 0.05) is 36.2 Å². The molecule has 3 nitrogen and oxygen atoms in total. The molecule has 0 radical (unpaired) electrons. The molecule has 0 saturated carbocycles. The van der Waals surface area contributed by atoms with E-state index in [4.69, 9.17) is 4.74 Å². The van der Waals surface area contributed by atoms with Gasteiger partial charge in [-0.15, -0.1) is 0 Å². The number of piperidine rings is 1. The van der Waals surface area contributed by atoms with Crippen molar-refractivity contribution in [1.29, 1.82) is 0 Å². The van der Waals surface area contributed by atoms with E-state index >= 15 is 0 Å². The second-order valence-electron chi connectivity index (χ2n) is 8.21. The fraction of sp³-hybridized carbons (Fsp3) is 0.385. The van der Waals surface area contributed by atoms with Crippen molar-refractivity contribution in [2.75, 3.05) is 33.3 Å². The first-order chi connectivity index (χ1) is 14.7. The summed E-state index contributed by atoms with van der Waals surface area (Å²) in [5.74, 6) is 0.957. The number of nitrogens with zero attached hydrogens (tertiary/aromatic N) is 2. The standard InChI is InChI=1S/C26H31BrN2O/c1-30-26-13-12-24(27)18-23(26)20-29(17-16-28-14-5-2-6-15-28)19-22-10-7-9-21-8-3-4-11-25(21)22/h3-4,7-13,18H,2,5-6,14-17,19-20H2,1H3. The van der Waals surface area contributed by atoms with Crippen LogP contribution in [0.5, 0.6) is 5.75 Å². The molecule has 1 saturated heterocycles. The highest BCUT2D eigenvalue weighted by Crippen LogP contribution is 2.26. The molecule has 0 atom stereocenters. The predicted octanol–water partition coefficient (Wildman–Crippen LogP) is 6.10. The highest BCUT2D eigenvalue weighted by atomic mass is 79.9. The molecule has 158 valence electrons. The monoisotopic (exact) mass is 466 g/mol. The largest absolute Gasteiger partial charge is 0.496 e. The number of ether oxygens (including phenoxy) is 1. The van der Waals surface area contributed by atoms with Crippen molar-refractivity contribution in [3.63, 3.8) is 0 Å². The Labute approximate surface area is 188 Å². The van der Waals surface area contributed by atoms with Gasteiger partial charge in [-0.2, -0.15) is 0 Å².